The second kappa shape index (κ2) is 4.06. The van der Waals surface area contributed by atoms with Gasteiger partial charge in [-0.3, -0.25) is 0 Å². The third-order valence-electron chi connectivity index (χ3n) is 2.53. The van der Waals surface area contributed by atoms with E-state index >= 15 is 0 Å². The van der Waals surface area contributed by atoms with Crippen LogP contribution in [0.5, 0.6) is 0 Å². The first-order valence-electron chi connectivity index (χ1n) is 4.60. The van der Waals surface area contributed by atoms with E-state index < -0.39 is 0 Å². The highest BCUT2D eigenvalue weighted by atomic mass is 16.5. The van der Waals surface area contributed by atoms with Crippen LogP contribution in [0.1, 0.15) is 32.6 Å². The summed E-state index contributed by atoms with van der Waals surface area (Å²) in [5.74, 6) is 0. The van der Waals surface area contributed by atoms with Crippen molar-refractivity contribution in [3.05, 3.63) is 12.7 Å². The molecule has 1 rings (SSSR count). The minimum absolute atomic E-state index is 0.0123. The normalized spacial score (nSPS) is 35.3. The molecule has 0 aromatic carbocycles. The van der Waals surface area contributed by atoms with Crippen molar-refractivity contribution in [3.63, 3.8) is 0 Å². The first kappa shape index (κ1) is 9.75. The Kier molecular flexibility index (Phi) is 3.29. The largest absolute Gasteiger partial charge is 0.394 e. The molecule has 0 aromatic rings. The second-order valence-corrected chi connectivity index (χ2v) is 3.74. The van der Waals surface area contributed by atoms with Gasteiger partial charge < -0.3 is 9.84 Å². The van der Waals surface area contributed by atoms with Gasteiger partial charge in [0.25, 0.3) is 0 Å². The van der Waals surface area contributed by atoms with Crippen LogP contribution >= 0.6 is 0 Å². The van der Waals surface area contributed by atoms with Crippen LogP contribution in [-0.2, 0) is 4.74 Å². The van der Waals surface area contributed by atoms with Gasteiger partial charge in [-0.15, -0.1) is 6.58 Å². The van der Waals surface area contributed by atoms with Gasteiger partial charge >= 0.3 is 0 Å². The summed E-state index contributed by atoms with van der Waals surface area (Å²) in [4.78, 5) is 0. The fourth-order valence-electron chi connectivity index (χ4n) is 1.71. The van der Waals surface area contributed by atoms with Gasteiger partial charge in [0.15, 0.2) is 0 Å². The standard InChI is InChI=1S/C10H18O2/c1-3-4-6-10(2)7-5-9(8-11)12-10/h3,9,11H,1,4-8H2,2H3/t9-,10+/m1/s1. The van der Waals surface area contributed by atoms with Crippen LogP contribution < -0.4 is 0 Å². The van der Waals surface area contributed by atoms with Gasteiger partial charge in [-0.05, 0) is 32.6 Å². The summed E-state index contributed by atoms with van der Waals surface area (Å²) in [5, 5.41) is 8.88. The van der Waals surface area contributed by atoms with E-state index in [1.54, 1.807) is 0 Å². The Morgan fingerprint density at radius 1 is 1.75 bits per heavy atom. The molecule has 0 bridgehead atoms. The monoisotopic (exact) mass is 170 g/mol. The van der Waals surface area contributed by atoms with Gasteiger partial charge in [-0.1, -0.05) is 6.08 Å². The Bertz CT molecular complexity index is 156. The van der Waals surface area contributed by atoms with Crippen LogP contribution in [0.25, 0.3) is 0 Å². The van der Waals surface area contributed by atoms with Crippen LogP contribution in [0, 0.1) is 0 Å². The lowest BCUT2D eigenvalue weighted by atomic mass is 9.96. The number of allylic oxidation sites excluding steroid dienone is 1. The molecular weight excluding hydrogens is 152 g/mol. The molecular formula is C10H18O2. The molecule has 1 heterocycles. The molecule has 1 fully saturated rings. The summed E-state index contributed by atoms with van der Waals surface area (Å²) >= 11 is 0. The van der Waals surface area contributed by atoms with Crippen LogP contribution in [0.15, 0.2) is 12.7 Å². The maximum atomic E-state index is 8.88. The van der Waals surface area contributed by atoms with Crippen LogP contribution in [0.4, 0.5) is 0 Å². The molecule has 70 valence electrons. The molecule has 1 N–H and O–H groups in total. The molecule has 2 heteroatoms. The molecule has 1 aliphatic rings. The lowest BCUT2D eigenvalue weighted by Gasteiger charge is -2.23. The van der Waals surface area contributed by atoms with E-state index in [0.29, 0.717) is 0 Å². The molecule has 0 amide bonds. The van der Waals surface area contributed by atoms with Crippen LogP contribution in [0.3, 0.4) is 0 Å². The third-order valence-corrected chi connectivity index (χ3v) is 2.53. The number of ether oxygens (including phenoxy) is 1. The quantitative estimate of drug-likeness (QED) is 0.653. The van der Waals surface area contributed by atoms with Crippen molar-refractivity contribution in [1.82, 2.24) is 0 Å². The van der Waals surface area contributed by atoms with E-state index in [-0.39, 0.29) is 18.3 Å². The molecule has 2 nitrogen and oxygen atoms in total. The highest BCUT2D eigenvalue weighted by Crippen LogP contribution is 2.33. The van der Waals surface area contributed by atoms with Crippen molar-refractivity contribution in [2.45, 2.75) is 44.3 Å². The minimum Gasteiger partial charge on any atom is -0.394 e. The van der Waals surface area contributed by atoms with Crippen molar-refractivity contribution < 1.29 is 9.84 Å². The molecule has 0 radical (unpaired) electrons. The second-order valence-electron chi connectivity index (χ2n) is 3.74. The van der Waals surface area contributed by atoms with Crippen LogP contribution in [-0.4, -0.2) is 23.4 Å². The van der Waals surface area contributed by atoms with Gasteiger partial charge in [0.1, 0.15) is 0 Å². The fourth-order valence-corrected chi connectivity index (χ4v) is 1.71. The SMILES string of the molecule is C=CCC[C@@]1(C)CC[C@H](CO)O1. The number of aliphatic hydroxyl groups is 1. The molecule has 0 unspecified atom stereocenters. The van der Waals surface area contributed by atoms with Gasteiger partial charge in [0, 0.05) is 0 Å². The Hall–Kier alpha value is -0.340. The summed E-state index contributed by atoms with van der Waals surface area (Å²) < 4.78 is 5.70. The predicted octanol–water partition coefficient (Wildman–Crippen LogP) is 1.88. The van der Waals surface area contributed by atoms with Crippen molar-refractivity contribution in [2.24, 2.45) is 0 Å². The Morgan fingerprint density at radius 2 is 2.50 bits per heavy atom. The van der Waals surface area contributed by atoms with Gasteiger partial charge in [0.05, 0.1) is 18.3 Å². The summed E-state index contributed by atoms with van der Waals surface area (Å²) in [6.07, 6.45) is 6.05. The van der Waals surface area contributed by atoms with E-state index in [4.69, 9.17) is 9.84 Å². The van der Waals surface area contributed by atoms with Gasteiger partial charge in [-0.2, -0.15) is 0 Å². The maximum absolute atomic E-state index is 8.88. The molecule has 1 saturated heterocycles. The zero-order chi connectivity index (χ0) is 9.03. The Labute approximate surface area is 74.2 Å². The van der Waals surface area contributed by atoms with Crippen molar-refractivity contribution >= 4 is 0 Å². The van der Waals surface area contributed by atoms with E-state index in [2.05, 4.69) is 13.5 Å². The molecule has 12 heavy (non-hydrogen) atoms. The zero-order valence-electron chi connectivity index (χ0n) is 7.75. The number of hydrogen-bond acceptors (Lipinski definition) is 2. The molecule has 2 atom stereocenters. The Balaban J connectivity index is 2.35. The minimum atomic E-state index is -0.0123. The van der Waals surface area contributed by atoms with E-state index in [9.17, 15) is 0 Å². The molecule has 0 spiro atoms. The lowest BCUT2D eigenvalue weighted by Crippen LogP contribution is -2.25. The highest BCUT2D eigenvalue weighted by molar-refractivity contribution is 4.86. The smallest absolute Gasteiger partial charge is 0.0814 e. The van der Waals surface area contributed by atoms with Crippen LogP contribution in [0.2, 0.25) is 0 Å². The molecule has 0 aromatic heterocycles. The lowest BCUT2D eigenvalue weighted by molar-refractivity contribution is -0.0518. The summed E-state index contributed by atoms with van der Waals surface area (Å²) in [5.41, 5.74) is -0.0123. The van der Waals surface area contributed by atoms with E-state index in [1.807, 2.05) is 6.08 Å². The van der Waals surface area contributed by atoms with Gasteiger partial charge in [0.2, 0.25) is 0 Å². The highest BCUT2D eigenvalue weighted by Gasteiger charge is 2.34. The zero-order valence-corrected chi connectivity index (χ0v) is 7.75. The number of hydrogen-bond donors (Lipinski definition) is 1. The summed E-state index contributed by atoms with van der Waals surface area (Å²) in [7, 11) is 0. The molecule has 0 aliphatic carbocycles. The Morgan fingerprint density at radius 3 is 3.00 bits per heavy atom. The predicted molar refractivity (Wildman–Crippen MR) is 49.0 cm³/mol. The van der Waals surface area contributed by atoms with E-state index in [1.165, 1.54) is 0 Å². The van der Waals surface area contributed by atoms with Crippen molar-refractivity contribution in [1.29, 1.82) is 0 Å². The van der Waals surface area contributed by atoms with Gasteiger partial charge in [-0.25, -0.2) is 0 Å². The van der Waals surface area contributed by atoms with E-state index in [0.717, 1.165) is 25.7 Å². The fraction of sp³-hybridized carbons (Fsp3) is 0.800. The summed E-state index contributed by atoms with van der Waals surface area (Å²) in [6.45, 7) is 5.96. The molecule has 0 saturated carbocycles. The van der Waals surface area contributed by atoms with Crippen molar-refractivity contribution in [2.75, 3.05) is 6.61 Å². The van der Waals surface area contributed by atoms with Crippen molar-refractivity contribution in [3.8, 4) is 0 Å². The first-order valence-corrected chi connectivity index (χ1v) is 4.60. The average Bonchev–Trinajstić information content (AvgIpc) is 2.45. The number of rotatable bonds is 4. The third kappa shape index (κ3) is 2.32. The maximum Gasteiger partial charge on any atom is 0.0814 e. The molecule has 1 aliphatic heterocycles. The average molecular weight is 170 g/mol. The topological polar surface area (TPSA) is 29.5 Å². The summed E-state index contributed by atoms with van der Waals surface area (Å²) in [6, 6.07) is 0. The number of aliphatic hydroxyl groups excluding tert-OH is 1. The first-order chi connectivity index (χ1) is 5.70.